The summed E-state index contributed by atoms with van der Waals surface area (Å²) in [5.41, 5.74) is 1.40. The van der Waals surface area contributed by atoms with Crippen LogP contribution in [0, 0.1) is 19.8 Å². The number of aromatic nitrogens is 3. The lowest BCUT2D eigenvalue weighted by Crippen LogP contribution is -2.42. The van der Waals surface area contributed by atoms with Gasteiger partial charge in [0.25, 0.3) is 5.56 Å². The van der Waals surface area contributed by atoms with Crippen LogP contribution in [0.15, 0.2) is 35.5 Å². The van der Waals surface area contributed by atoms with Gasteiger partial charge < -0.3 is 9.64 Å². The zero-order valence-electron chi connectivity index (χ0n) is 15.2. The van der Waals surface area contributed by atoms with E-state index in [2.05, 4.69) is 9.97 Å². The fourth-order valence-corrected chi connectivity index (χ4v) is 3.05. The number of ether oxygens (including phenoxy) is 1. The highest BCUT2D eigenvalue weighted by atomic mass is 16.5. The zero-order valence-corrected chi connectivity index (χ0v) is 15.2. The smallest absolute Gasteiger partial charge is 0.253 e. The van der Waals surface area contributed by atoms with E-state index in [1.165, 1.54) is 17.0 Å². The third-order valence-electron chi connectivity index (χ3n) is 4.64. The number of pyridine rings is 1. The molecule has 0 atom stereocenters. The molecular formula is C19H24N4O3. The molecule has 1 aliphatic heterocycles. The maximum atomic E-state index is 12.4. The molecule has 1 fully saturated rings. The van der Waals surface area contributed by atoms with E-state index in [0.29, 0.717) is 31.3 Å². The SMILES string of the molecule is Cc1cc(OCC2CCN(C(=O)Cn3cnc(C)cc3=O)CC2)ccn1. The summed E-state index contributed by atoms with van der Waals surface area (Å²) in [6, 6.07) is 5.22. The molecule has 2 aromatic rings. The largest absolute Gasteiger partial charge is 0.493 e. The number of hydrogen-bond donors (Lipinski definition) is 0. The number of carbonyl (C=O) groups excluding carboxylic acids is 1. The Kier molecular flexibility index (Phi) is 5.65. The molecular weight excluding hydrogens is 332 g/mol. The van der Waals surface area contributed by atoms with Crippen molar-refractivity contribution in [2.45, 2.75) is 33.2 Å². The van der Waals surface area contributed by atoms with Gasteiger partial charge in [0.2, 0.25) is 5.91 Å². The molecule has 2 aromatic heterocycles. The molecule has 1 amide bonds. The Bertz CT molecular complexity index is 826. The molecule has 1 saturated heterocycles. The fourth-order valence-electron chi connectivity index (χ4n) is 3.05. The summed E-state index contributed by atoms with van der Waals surface area (Å²) in [4.78, 5) is 34.4. The van der Waals surface area contributed by atoms with Crippen LogP contribution in [0.3, 0.4) is 0 Å². The van der Waals surface area contributed by atoms with E-state index in [1.54, 1.807) is 13.1 Å². The molecule has 0 aromatic carbocycles. The first kappa shape index (κ1) is 18.1. The fraction of sp³-hybridized carbons (Fsp3) is 0.474. The number of nitrogens with zero attached hydrogens (tertiary/aromatic N) is 4. The van der Waals surface area contributed by atoms with Gasteiger partial charge in [-0.15, -0.1) is 0 Å². The van der Waals surface area contributed by atoms with Gasteiger partial charge in [0.1, 0.15) is 12.3 Å². The molecule has 0 radical (unpaired) electrons. The van der Waals surface area contributed by atoms with E-state index in [0.717, 1.165) is 24.3 Å². The van der Waals surface area contributed by atoms with Crippen LogP contribution in [-0.4, -0.2) is 45.0 Å². The maximum absolute atomic E-state index is 12.4. The standard InChI is InChI=1S/C19H24N4O3/c1-14-9-17(3-6-20-14)26-12-16-4-7-22(8-5-16)19(25)11-23-13-21-15(2)10-18(23)24/h3,6,9-10,13,16H,4-5,7-8,11-12H2,1-2H3. The molecule has 0 bridgehead atoms. The number of piperidine rings is 1. The molecule has 0 aliphatic carbocycles. The predicted octanol–water partition coefficient (Wildman–Crippen LogP) is 1.57. The van der Waals surface area contributed by atoms with Gasteiger partial charge in [0, 0.05) is 42.8 Å². The Morgan fingerprint density at radius 3 is 2.62 bits per heavy atom. The van der Waals surface area contributed by atoms with Crippen molar-refractivity contribution in [1.82, 2.24) is 19.4 Å². The van der Waals surface area contributed by atoms with Gasteiger partial charge in [-0.25, -0.2) is 4.98 Å². The molecule has 0 spiro atoms. The second-order valence-corrected chi connectivity index (χ2v) is 6.76. The van der Waals surface area contributed by atoms with Crippen LogP contribution < -0.4 is 10.3 Å². The van der Waals surface area contributed by atoms with Crippen molar-refractivity contribution in [3.8, 4) is 5.75 Å². The van der Waals surface area contributed by atoms with Crippen LogP contribution in [-0.2, 0) is 11.3 Å². The van der Waals surface area contributed by atoms with Crippen LogP contribution >= 0.6 is 0 Å². The number of rotatable bonds is 5. The number of carbonyl (C=O) groups is 1. The summed E-state index contributed by atoms with van der Waals surface area (Å²) in [5.74, 6) is 1.22. The summed E-state index contributed by atoms with van der Waals surface area (Å²) in [6.45, 7) is 5.77. The highest BCUT2D eigenvalue weighted by Crippen LogP contribution is 2.20. The third kappa shape index (κ3) is 4.68. The molecule has 1 aliphatic rings. The van der Waals surface area contributed by atoms with Crippen LogP contribution in [0.2, 0.25) is 0 Å². The minimum atomic E-state index is -0.193. The molecule has 0 saturated carbocycles. The van der Waals surface area contributed by atoms with Crippen LogP contribution in [0.4, 0.5) is 0 Å². The first-order valence-corrected chi connectivity index (χ1v) is 8.87. The highest BCUT2D eigenvalue weighted by Gasteiger charge is 2.23. The molecule has 0 unspecified atom stereocenters. The first-order chi connectivity index (χ1) is 12.5. The Balaban J connectivity index is 1.47. The second kappa shape index (κ2) is 8.12. The van der Waals surface area contributed by atoms with E-state index in [9.17, 15) is 9.59 Å². The average molecular weight is 356 g/mol. The summed E-state index contributed by atoms with van der Waals surface area (Å²) in [5, 5.41) is 0. The number of likely N-dealkylation sites (tertiary alicyclic amines) is 1. The Morgan fingerprint density at radius 2 is 1.92 bits per heavy atom. The second-order valence-electron chi connectivity index (χ2n) is 6.76. The van der Waals surface area contributed by atoms with Gasteiger partial charge in [-0.2, -0.15) is 0 Å². The lowest BCUT2D eigenvalue weighted by Gasteiger charge is -2.32. The summed E-state index contributed by atoms with van der Waals surface area (Å²) in [6.07, 6.45) is 4.98. The summed E-state index contributed by atoms with van der Waals surface area (Å²) < 4.78 is 7.20. The van der Waals surface area contributed by atoms with Crippen LogP contribution in [0.1, 0.15) is 24.2 Å². The van der Waals surface area contributed by atoms with E-state index < -0.39 is 0 Å². The monoisotopic (exact) mass is 356 g/mol. The Hall–Kier alpha value is -2.70. The molecule has 26 heavy (non-hydrogen) atoms. The van der Waals surface area contributed by atoms with Crippen molar-refractivity contribution < 1.29 is 9.53 Å². The Labute approximate surface area is 152 Å². The van der Waals surface area contributed by atoms with E-state index in [-0.39, 0.29) is 18.0 Å². The highest BCUT2D eigenvalue weighted by molar-refractivity contribution is 5.76. The van der Waals surface area contributed by atoms with Crippen molar-refractivity contribution in [1.29, 1.82) is 0 Å². The minimum Gasteiger partial charge on any atom is -0.493 e. The van der Waals surface area contributed by atoms with Gasteiger partial charge >= 0.3 is 0 Å². The molecule has 7 nitrogen and oxygen atoms in total. The van der Waals surface area contributed by atoms with E-state index in [1.807, 2.05) is 24.0 Å². The van der Waals surface area contributed by atoms with Crippen molar-refractivity contribution in [2.24, 2.45) is 5.92 Å². The van der Waals surface area contributed by atoms with E-state index in [4.69, 9.17) is 4.74 Å². The topological polar surface area (TPSA) is 77.3 Å². The quantitative estimate of drug-likeness (QED) is 0.813. The van der Waals surface area contributed by atoms with E-state index >= 15 is 0 Å². The molecule has 3 rings (SSSR count). The lowest BCUT2D eigenvalue weighted by atomic mass is 9.98. The van der Waals surface area contributed by atoms with Gasteiger partial charge in [-0.1, -0.05) is 0 Å². The van der Waals surface area contributed by atoms with Crippen LogP contribution in [0.5, 0.6) is 5.75 Å². The summed E-state index contributed by atoms with van der Waals surface area (Å²) in [7, 11) is 0. The lowest BCUT2D eigenvalue weighted by molar-refractivity contribution is -0.133. The first-order valence-electron chi connectivity index (χ1n) is 8.87. The number of hydrogen-bond acceptors (Lipinski definition) is 5. The normalized spacial score (nSPS) is 15.1. The molecule has 7 heteroatoms. The Morgan fingerprint density at radius 1 is 1.19 bits per heavy atom. The maximum Gasteiger partial charge on any atom is 0.253 e. The van der Waals surface area contributed by atoms with Gasteiger partial charge in [-0.3, -0.25) is 19.1 Å². The average Bonchev–Trinajstić information content (AvgIpc) is 2.63. The number of aryl methyl sites for hydroxylation is 2. The molecule has 0 N–H and O–H groups in total. The van der Waals surface area contributed by atoms with Crippen molar-refractivity contribution in [3.63, 3.8) is 0 Å². The summed E-state index contributed by atoms with van der Waals surface area (Å²) >= 11 is 0. The van der Waals surface area contributed by atoms with Crippen molar-refractivity contribution in [3.05, 3.63) is 52.5 Å². The van der Waals surface area contributed by atoms with Crippen molar-refractivity contribution >= 4 is 5.91 Å². The molecule has 3 heterocycles. The van der Waals surface area contributed by atoms with Gasteiger partial charge in [-0.05, 0) is 38.7 Å². The van der Waals surface area contributed by atoms with Gasteiger partial charge in [0.05, 0.1) is 12.9 Å². The van der Waals surface area contributed by atoms with Crippen molar-refractivity contribution in [2.75, 3.05) is 19.7 Å². The zero-order chi connectivity index (χ0) is 18.5. The number of amides is 1. The third-order valence-corrected chi connectivity index (χ3v) is 4.64. The minimum absolute atomic E-state index is 0.0399. The van der Waals surface area contributed by atoms with Crippen LogP contribution in [0.25, 0.3) is 0 Å². The van der Waals surface area contributed by atoms with Gasteiger partial charge in [0.15, 0.2) is 0 Å². The predicted molar refractivity (Wildman–Crippen MR) is 97.0 cm³/mol. The molecule has 138 valence electrons.